The van der Waals surface area contributed by atoms with Crippen LogP contribution in [0.25, 0.3) is 0 Å². The highest BCUT2D eigenvalue weighted by Gasteiger charge is 2.22. The van der Waals surface area contributed by atoms with Crippen LogP contribution in [0.2, 0.25) is 0 Å². The number of hydrogen-bond acceptors (Lipinski definition) is 6. The summed E-state index contributed by atoms with van der Waals surface area (Å²) in [5.74, 6) is -0.988. The van der Waals surface area contributed by atoms with E-state index in [1.54, 1.807) is 0 Å². The fourth-order valence-corrected chi connectivity index (χ4v) is 5.52. The first-order chi connectivity index (χ1) is 25.3. The molecular formula is C43H73O8P. The molecule has 9 heteroatoms. The van der Waals surface area contributed by atoms with Gasteiger partial charge in [-0.15, -0.1) is 0 Å². The summed E-state index contributed by atoms with van der Waals surface area (Å²) < 4.78 is 26.3. The summed E-state index contributed by atoms with van der Waals surface area (Å²) in [6.45, 7) is 3.55. The standard InChI is InChI=1S/C43H73O8P/c1-3-5-7-9-11-13-15-17-19-20-21-22-24-25-27-29-31-33-35-37-42(44)49-39-41(40-50-52(46,47)48)51-43(45)38-36-34-32-30-28-26-23-18-16-14-12-10-8-6-4-2/h10-13,17,19,21-22,25,27,31,33,41H,3-9,14-16,18,20,23-24,26,28-30,32,34-40H2,1-2H3,(H2,46,47,48)/b12-10+,13-11+,19-17+,22-21+,27-25+,33-31+/t41-/m1/s1. The monoisotopic (exact) mass is 749 g/mol. The molecule has 1 atom stereocenters. The average Bonchev–Trinajstić information content (AvgIpc) is 3.11. The highest BCUT2D eigenvalue weighted by atomic mass is 31.2. The minimum absolute atomic E-state index is 0.140. The van der Waals surface area contributed by atoms with E-state index >= 15 is 0 Å². The van der Waals surface area contributed by atoms with Gasteiger partial charge < -0.3 is 19.3 Å². The number of hydrogen-bond donors (Lipinski definition) is 2. The third kappa shape index (κ3) is 40.3. The summed E-state index contributed by atoms with van der Waals surface area (Å²) >= 11 is 0. The third-order valence-electron chi connectivity index (χ3n) is 8.21. The molecule has 0 saturated heterocycles. The number of phosphoric ester groups is 1. The van der Waals surface area contributed by atoms with Crippen molar-refractivity contribution >= 4 is 19.8 Å². The molecule has 0 aliphatic heterocycles. The van der Waals surface area contributed by atoms with Crippen molar-refractivity contribution < 1.29 is 37.9 Å². The molecule has 0 rings (SSSR count). The number of esters is 2. The van der Waals surface area contributed by atoms with Crippen LogP contribution in [0.5, 0.6) is 0 Å². The van der Waals surface area contributed by atoms with Crippen molar-refractivity contribution in [1.29, 1.82) is 0 Å². The molecule has 0 saturated carbocycles. The van der Waals surface area contributed by atoms with E-state index in [0.717, 1.165) is 44.9 Å². The molecule has 0 fully saturated rings. The van der Waals surface area contributed by atoms with Crippen LogP contribution >= 0.6 is 7.82 Å². The van der Waals surface area contributed by atoms with Gasteiger partial charge in [-0.05, 0) is 70.6 Å². The van der Waals surface area contributed by atoms with E-state index in [1.807, 2.05) is 12.2 Å². The molecule has 0 aliphatic rings. The number of phosphoric acid groups is 1. The van der Waals surface area contributed by atoms with E-state index < -0.39 is 32.5 Å². The number of rotatable bonds is 36. The van der Waals surface area contributed by atoms with Crippen molar-refractivity contribution in [1.82, 2.24) is 0 Å². The van der Waals surface area contributed by atoms with Crippen molar-refractivity contribution in [3.05, 3.63) is 72.9 Å². The maximum atomic E-state index is 12.4. The van der Waals surface area contributed by atoms with Gasteiger partial charge in [-0.2, -0.15) is 0 Å². The Kier molecular flexibility index (Phi) is 36.4. The normalized spacial score (nSPS) is 13.2. The number of ether oxygens (including phenoxy) is 2. The number of carbonyl (C=O) groups is 2. The maximum absolute atomic E-state index is 12.4. The molecule has 52 heavy (non-hydrogen) atoms. The van der Waals surface area contributed by atoms with Crippen LogP contribution in [0.1, 0.15) is 168 Å². The van der Waals surface area contributed by atoms with Gasteiger partial charge in [0.1, 0.15) is 6.61 Å². The highest BCUT2D eigenvalue weighted by molar-refractivity contribution is 7.46. The van der Waals surface area contributed by atoms with Crippen LogP contribution in [0.3, 0.4) is 0 Å². The first-order valence-corrected chi connectivity index (χ1v) is 21.8. The molecular weight excluding hydrogens is 675 g/mol. The van der Waals surface area contributed by atoms with E-state index in [1.165, 1.54) is 83.5 Å². The van der Waals surface area contributed by atoms with Crippen molar-refractivity contribution in [2.24, 2.45) is 0 Å². The zero-order chi connectivity index (χ0) is 38.2. The van der Waals surface area contributed by atoms with Crippen molar-refractivity contribution in [3.8, 4) is 0 Å². The summed E-state index contributed by atoms with van der Waals surface area (Å²) in [6, 6.07) is 0. The Morgan fingerprint density at radius 1 is 0.500 bits per heavy atom. The van der Waals surface area contributed by atoms with Gasteiger partial charge in [0, 0.05) is 12.8 Å². The fourth-order valence-electron chi connectivity index (χ4n) is 5.16. The predicted molar refractivity (Wildman–Crippen MR) is 216 cm³/mol. The van der Waals surface area contributed by atoms with Gasteiger partial charge in [0.2, 0.25) is 0 Å². The molecule has 0 aliphatic carbocycles. The molecule has 0 radical (unpaired) electrons. The molecule has 0 aromatic rings. The van der Waals surface area contributed by atoms with E-state index in [9.17, 15) is 14.2 Å². The lowest BCUT2D eigenvalue weighted by atomic mass is 10.1. The number of allylic oxidation sites excluding steroid dienone is 12. The van der Waals surface area contributed by atoms with Crippen molar-refractivity contribution in [2.45, 2.75) is 174 Å². The lowest BCUT2D eigenvalue weighted by Gasteiger charge is -2.18. The van der Waals surface area contributed by atoms with Gasteiger partial charge in [-0.3, -0.25) is 14.1 Å². The van der Waals surface area contributed by atoms with Crippen LogP contribution in [-0.2, 0) is 28.2 Å². The molecule has 0 amide bonds. The summed E-state index contributed by atoms with van der Waals surface area (Å²) in [7, 11) is -4.77. The molecule has 0 unspecified atom stereocenters. The predicted octanol–water partition coefficient (Wildman–Crippen LogP) is 12.3. The second-order valence-electron chi connectivity index (χ2n) is 13.2. The largest absolute Gasteiger partial charge is 0.469 e. The summed E-state index contributed by atoms with van der Waals surface area (Å²) in [5, 5.41) is 0. The van der Waals surface area contributed by atoms with Gasteiger partial charge >= 0.3 is 19.8 Å². The minimum atomic E-state index is -4.77. The Balaban J connectivity index is 4.08. The van der Waals surface area contributed by atoms with Crippen LogP contribution in [-0.4, -0.2) is 41.0 Å². The lowest BCUT2D eigenvalue weighted by molar-refractivity contribution is -0.161. The van der Waals surface area contributed by atoms with Crippen LogP contribution in [0.4, 0.5) is 0 Å². The molecule has 0 aromatic carbocycles. The van der Waals surface area contributed by atoms with E-state index in [-0.39, 0.29) is 19.4 Å². The Labute approximate surface area is 317 Å². The smallest absolute Gasteiger partial charge is 0.462 e. The summed E-state index contributed by atoms with van der Waals surface area (Å²) in [5.41, 5.74) is 0. The van der Waals surface area contributed by atoms with Gasteiger partial charge in [-0.25, -0.2) is 4.57 Å². The molecule has 8 nitrogen and oxygen atoms in total. The third-order valence-corrected chi connectivity index (χ3v) is 8.70. The Morgan fingerprint density at radius 2 is 0.923 bits per heavy atom. The van der Waals surface area contributed by atoms with Crippen LogP contribution < -0.4 is 0 Å². The summed E-state index contributed by atoms with van der Waals surface area (Å²) in [6.07, 6.45) is 49.2. The lowest BCUT2D eigenvalue weighted by Crippen LogP contribution is -2.29. The molecule has 0 heterocycles. The maximum Gasteiger partial charge on any atom is 0.469 e. The Morgan fingerprint density at radius 3 is 1.44 bits per heavy atom. The number of carbonyl (C=O) groups excluding carboxylic acids is 2. The van der Waals surface area contributed by atoms with E-state index in [0.29, 0.717) is 12.8 Å². The molecule has 0 aromatic heterocycles. The zero-order valence-electron chi connectivity index (χ0n) is 32.7. The minimum Gasteiger partial charge on any atom is -0.462 e. The fraction of sp³-hybridized carbons (Fsp3) is 0.674. The van der Waals surface area contributed by atoms with Gasteiger partial charge in [-0.1, -0.05) is 157 Å². The molecule has 0 spiro atoms. The topological polar surface area (TPSA) is 119 Å². The Bertz CT molecular complexity index is 1070. The molecule has 298 valence electrons. The molecule has 0 bridgehead atoms. The second-order valence-corrected chi connectivity index (χ2v) is 14.5. The van der Waals surface area contributed by atoms with Crippen LogP contribution in [0, 0.1) is 0 Å². The van der Waals surface area contributed by atoms with Crippen molar-refractivity contribution in [2.75, 3.05) is 13.2 Å². The van der Waals surface area contributed by atoms with Crippen LogP contribution in [0.15, 0.2) is 72.9 Å². The summed E-state index contributed by atoms with van der Waals surface area (Å²) in [4.78, 5) is 42.7. The van der Waals surface area contributed by atoms with E-state index in [4.69, 9.17) is 19.3 Å². The average molecular weight is 749 g/mol. The van der Waals surface area contributed by atoms with Gasteiger partial charge in [0.25, 0.3) is 0 Å². The van der Waals surface area contributed by atoms with E-state index in [2.05, 4.69) is 79.1 Å². The quantitative estimate of drug-likeness (QED) is 0.0281. The van der Waals surface area contributed by atoms with Gasteiger partial charge in [0.15, 0.2) is 6.10 Å². The van der Waals surface area contributed by atoms with Gasteiger partial charge in [0.05, 0.1) is 6.61 Å². The molecule has 2 N–H and O–H groups in total. The second kappa shape index (κ2) is 38.2. The SMILES string of the molecule is CCCC/C=C/CCCCCCCCCCCC(=O)O[C@H](COC(=O)CC/C=C/C/C=C/C/C=C/C/C=C/C/C=C/CCCCC)COP(=O)(O)O. The Hall–Kier alpha value is -2.51. The van der Waals surface area contributed by atoms with Crippen molar-refractivity contribution in [3.63, 3.8) is 0 Å². The first-order valence-electron chi connectivity index (χ1n) is 20.2. The zero-order valence-corrected chi connectivity index (χ0v) is 33.6. The first kappa shape index (κ1) is 49.5. The number of unbranched alkanes of at least 4 members (excludes halogenated alkanes) is 14. The highest BCUT2D eigenvalue weighted by Crippen LogP contribution is 2.36.